The Labute approximate surface area is 185 Å². The van der Waals surface area contributed by atoms with Crippen molar-refractivity contribution in [3.63, 3.8) is 0 Å². The molecule has 1 unspecified atom stereocenters. The Kier molecular flexibility index (Phi) is 9.38. The summed E-state index contributed by atoms with van der Waals surface area (Å²) >= 11 is 0. The van der Waals surface area contributed by atoms with Crippen LogP contribution < -0.4 is 14.8 Å². The molecule has 2 aromatic rings. The Morgan fingerprint density at radius 1 is 1.13 bits per heavy atom. The van der Waals surface area contributed by atoms with Crippen LogP contribution in [0.4, 0.5) is 0 Å². The highest BCUT2D eigenvalue weighted by atomic mass is 16.5. The van der Waals surface area contributed by atoms with Gasteiger partial charge in [-0.1, -0.05) is 37.6 Å². The lowest BCUT2D eigenvalue weighted by atomic mass is 10.1. The molecule has 0 bridgehead atoms. The van der Waals surface area contributed by atoms with E-state index in [1.807, 2.05) is 56.3 Å². The number of benzene rings is 2. The minimum atomic E-state index is -0.627. The molecule has 2 aromatic carbocycles. The number of carbonyl (C=O) groups excluding carboxylic acids is 2. The smallest absolute Gasteiger partial charge is 0.261 e. The molecule has 6 heteroatoms. The van der Waals surface area contributed by atoms with Gasteiger partial charge in [-0.15, -0.1) is 0 Å². The minimum absolute atomic E-state index is 0.138. The molecule has 1 atom stereocenters. The highest BCUT2D eigenvalue weighted by Crippen LogP contribution is 2.21. The zero-order valence-electron chi connectivity index (χ0n) is 19.2. The molecular formula is C25H34N2O4. The van der Waals surface area contributed by atoms with Gasteiger partial charge in [0.25, 0.3) is 5.91 Å². The average Bonchev–Trinajstić information content (AvgIpc) is 2.78. The monoisotopic (exact) mass is 426 g/mol. The number of carbonyl (C=O) groups is 2. The Morgan fingerprint density at radius 2 is 1.87 bits per heavy atom. The lowest BCUT2D eigenvalue weighted by molar-refractivity contribution is -0.142. The van der Waals surface area contributed by atoms with Gasteiger partial charge >= 0.3 is 0 Å². The van der Waals surface area contributed by atoms with Crippen molar-refractivity contribution in [3.05, 3.63) is 59.2 Å². The third-order valence-corrected chi connectivity index (χ3v) is 5.39. The Balaban J connectivity index is 2.17. The summed E-state index contributed by atoms with van der Waals surface area (Å²) in [7, 11) is 1.60. The van der Waals surface area contributed by atoms with Gasteiger partial charge < -0.3 is 19.7 Å². The van der Waals surface area contributed by atoms with Gasteiger partial charge in [0.2, 0.25) is 5.91 Å². The van der Waals surface area contributed by atoms with Gasteiger partial charge in [0, 0.05) is 13.1 Å². The van der Waals surface area contributed by atoms with Gasteiger partial charge in [-0.25, -0.2) is 0 Å². The van der Waals surface area contributed by atoms with Gasteiger partial charge in [0.15, 0.2) is 6.61 Å². The Hall–Kier alpha value is -3.02. The van der Waals surface area contributed by atoms with E-state index in [1.54, 1.807) is 18.9 Å². The summed E-state index contributed by atoms with van der Waals surface area (Å²) in [5.41, 5.74) is 2.98. The van der Waals surface area contributed by atoms with Crippen LogP contribution in [0.1, 0.15) is 43.4 Å². The summed E-state index contributed by atoms with van der Waals surface area (Å²) in [6, 6.07) is 12.6. The summed E-state index contributed by atoms with van der Waals surface area (Å²) < 4.78 is 11.1. The Bertz CT molecular complexity index is 882. The van der Waals surface area contributed by atoms with Crippen molar-refractivity contribution in [1.29, 1.82) is 0 Å². The standard InChI is InChI=1S/C25H34N2O4/c1-6-7-14-26-25(29)20(4)27(16-21-11-9-12-22(15-21)30-5)24(28)17-31-23-13-8-10-18(2)19(23)3/h8-13,15,20H,6-7,14,16-17H2,1-5H3,(H,26,29). The van der Waals surface area contributed by atoms with Crippen LogP contribution in [-0.4, -0.2) is 43.0 Å². The molecule has 31 heavy (non-hydrogen) atoms. The van der Waals surface area contributed by atoms with E-state index in [4.69, 9.17) is 9.47 Å². The van der Waals surface area contributed by atoms with Gasteiger partial charge in [-0.3, -0.25) is 9.59 Å². The lowest BCUT2D eigenvalue weighted by Crippen LogP contribution is -2.49. The van der Waals surface area contributed by atoms with Crippen LogP contribution in [-0.2, 0) is 16.1 Å². The fourth-order valence-corrected chi connectivity index (χ4v) is 3.19. The molecule has 0 aromatic heterocycles. The van der Waals surface area contributed by atoms with Crippen molar-refractivity contribution in [3.8, 4) is 11.5 Å². The summed E-state index contributed by atoms with van der Waals surface area (Å²) in [4.78, 5) is 27.4. The highest BCUT2D eigenvalue weighted by Gasteiger charge is 2.26. The van der Waals surface area contributed by atoms with Crippen LogP contribution >= 0.6 is 0 Å². The molecule has 2 rings (SSSR count). The van der Waals surface area contributed by atoms with Crippen molar-refractivity contribution in [2.45, 2.75) is 53.1 Å². The zero-order chi connectivity index (χ0) is 22.8. The van der Waals surface area contributed by atoms with Crippen molar-refractivity contribution >= 4 is 11.8 Å². The number of methoxy groups -OCH3 is 1. The maximum Gasteiger partial charge on any atom is 0.261 e. The first-order chi connectivity index (χ1) is 14.9. The number of unbranched alkanes of at least 4 members (excludes halogenated alkanes) is 1. The van der Waals surface area contributed by atoms with Gasteiger partial charge in [0.05, 0.1) is 7.11 Å². The number of aryl methyl sites for hydroxylation is 1. The minimum Gasteiger partial charge on any atom is -0.497 e. The molecule has 0 saturated carbocycles. The summed E-state index contributed by atoms with van der Waals surface area (Å²) in [6.45, 7) is 8.53. The molecule has 0 saturated heterocycles. The first-order valence-electron chi connectivity index (χ1n) is 10.8. The van der Waals surface area contributed by atoms with Gasteiger partial charge in [-0.05, 0) is 62.1 Å². The number of hydrogen-bond donors (Lipinski definition) is 1. The molecule has 168 valence electrons. The maximum atomic E-state index is 13.1. The maximum absolute atomic E-state index is 13.1. The summed E-state index contributed by atoms with van der Waals surface area (Å²) in [6.07, 6.45) is 1.89. The molecule has 0 spiro atoms. The predicted molar refractivity (Wildman–Crippen MR) is 122 cm³/mol. The van der Waals surface area contributed by atoms with Crippen LogP contribution in [0.5, 0.6) is 11.5 Å². The third kappa shape index (κ3) is 7.02. The van der Waals surface area contributed by atoms with Crippen molar-refractivity contribution in [2.75, 3.05) is 20.3 Å². The summed E-state index contributed by atoms with van der Waals surface area (Å²) in [5.74, 6) is 0.963. The van der Waals surface area contributed by atoms with Crippen molar-refractivity contribution < 1.29 is 19.1 Å². The van der Waals surface area contributed by atoms with E-state index in [0.29, 0.717) is 18.0 Å². The normalized spacial score (nSPS) is 11.5. The fourth-order valence-electron chi connectivity index (χ4n) is 3.19. The first-order valence-corrected chi connectivity index (χ1v) is 10.8. The molecule has 2 amide bonds. The van der Waals surface area contributed by atoms with E-state index in [0.717, 1.165) is 29.5 Å². The molecule has 0 aliphatic carbocycles. The average molecular weight is 427 g/mol. The van der Waals surface area contributed by atoms with E-state index in [1.165, 1.54) is 0 Å². The van der Waals surface area contributed by atoms with Gasteiger partial charge in [-0.2, -0.15) is 0 Å². The van der Waals surface area contributed by atoms with Crippen molar-refractivity contribution in [2.24, 2.45) is 0 Å². The number of nitrogens with one attached hydrogen (secondary N) is 1. The van der Waals surface area contributed by atoms with E-state index in [2.05, 4.69) is 12.2 Å². The number of rotatable bonds is 11. The topological polar surface area (TPSA) is 67.9 Å². The number of hydrogen-bond acceptors (Lipinski definition) is 4. The van der Waals surface area contributed by atoms with Crippen LogP contribution in [0.25, 0.3) is 0 Å². The largest absolute Gasteiger partial charge is 0.497 e. The first kappa shape index (κ1) is 24.3. The molecule has 0 fully saturated rings. The quantitative estimate of drug-likeness (QED) is 0.551. The lowest BCUT2D eigenvalue weighted by Gasteiger charge is -2.29. The van der Waals surface area contributed by atoms with E-state index < -0.39 is 6.04 Å². The number of nitrogens with zero attached hydrogens (tertiary/aromatic N) is 1. The molecule has 1 N–H and O–H groups in total. The fraction of sp³-hybridized carbons (Fsp3) is 0.440. The Morgan fingerprint density at radius 3 is 2.58 bits per heavy atom. The van der Waals surface area contributed by atoms with E-state index >= 15 is 0 Å². The number of ether oxygens (including phenoxy) is 2. The second-order valence-electron chi connectivity index (χ2n) is 7.68. The van der Waals surface area contributed by atoms with E-state index in [-0.39, 0.29) is 25.0 Å². The molecule has 0 heterocycles. The van der Waals surface area contributed by atoms with Gasteiger partial charge in [0.1, 0.15) is 17.5 Å². The molecule has 0 aliphatic rings. The zero-order valence-corrected chi connectivity index (χ0v) is 19.2. The molecule has 6 nitrogen and oxygen atoms in total. The second kappa shape index (κ2) is 12.0. The predicted octanol–water partition coefficient (Wildman–Crippen LogP) is 4.02. The molecular weight excluding hydrogens is 392 g/mol. The van der Waals surface area contributed by atoms with E-state index in [9.17, 15) is 9.59 Å². The second-order valence-corrected chi connectivity index (χ2v) is 7.68. The van der Waals surface area contributed by atoms with Crippen LogP contribution in [0.3, 0.4) is 0 Å². The molecule has 0 radical (unpaired) electrons. The van der Waals surface area contributed by atoms with Crippen LogP contribution in [0, 0.1) is 13.8 Å². The number of amides is 2. The van der Waals surface area contributed by atoms with Crippen molar-refractivity contribution in [1.82, 2.24) is 10.2 Å². The SMILES string of the molecule is CCCCNC(=O)C(C)N(Cc1cccc(OC)c1)C(=O)COc1cccc(C)c1C. The molecule has 0 aliphatic heterocycles. The third-order valence-electron chi connectivity index (χ3n) is 5.39. The highest BCUT2D eigenvalue weighted by molar-refractivity contribution is 5.88. The van der Waals surface area contributed by atoms with Crippen LogP contribution in [0.2, 0.25) is 0 Å². The van der Waals surface area contributed by atoms with Crippen LogP contribution in [0.15, 0.2) is 42.5 Å². The summed E-state index contributed by atoms with van der Waals surface area (Å²) in [5, 5.41) is 2.92.